The highest BCUT2D eigenvalue weighted by Crippen LogP contribution is 2.38. The molecular weight excluding hydrogens is 397 g/mol. The van der Waals surface area contributed by atoms with Gasteiger partial charge >= 0.3 is 6.18 Å². The SMILES string of the molecule is Cc1cc(-c2nnc(-c3ccccc3)c3cc4ccccc4cc23)cc(C(F)(F)F)c1. The molecular formula is C26H17F3N2. The molecule has 0 unspecified atom stereocenters. The van der Waals surface area contributed by atoms with Gasteiger partial charge in [-0.05, 0) is 53.6 Å². The largest absolute Gasteiger partial charge is 0.416 e. The van der Waals surface area contributed by atoms with Gasteiger partial charge in [0, 0.05) is 21.9 Å². The number of rotatable bonds is 2. The molecule has 0 N–H and O–H groups in total. The minimum absolute atomic E-state index is 0.403. The third kappa shape index (κ3) is 3.52. The lowest BCUT2D eigenvalue weighted by molar-refractivity contribution is -0.137. The molecule has 0 aliphatic rings. The topological polar surface area (TPSA) is 25.8 Å². The first-order valence-corrected chi connectivity index (χ1v) is 9.84. The van der Waals surface area contributed by atoms with Crippen LogP contribution in [0.3, 0.4) is 0 Å². The van der Waals surface area contributed by atoms with E-state index in [9.17, 15) is 13.2 Å². The Labute approximate surface area is 177 Å². The quantitative estimate of drug-likeness (QED) is 0.281. The Morgan fingerprint density at radius 2 is 1.16 bits per heavy atom. The van der Waals surface area contributed by atoms with Gasteiger partial charge in [0.1, 0.15) is 11.4 Å². The highest BCUT2D eigenvalue weighted by Gasteiger charge is 2.31. The average molecular weight is 414 g/mol. The van der Waals surface area contributed by atoms with E-state index >= 15 is 0 Å². The van der Waals surface area contributed by atoms with E-state index in [-0.39, 0.29) is 0 Å². The van der Waals surface area contributed by atoms with Gasteiger partial charge in [-0.3, -0.25) is 0 Å². The lowest BCUT2D eigenvalue weighted by atomic mass is 9.95. The zero-order valence-corrected chi connectivity index (χ0v) is 16.6. The molecule has 4 aromatic carbocycles. The van der Waals surface area contributed by atoms with Crippen molar-refractivity contribution in [3.05, 3.63) is 96.1 Å². The van der Waals surface area contributed by atoms with Crippen LogP contribution in [0.5, 0.6) is 0 Å². The molecule has 0 atom stereocenters. The molecule has 5 rings (SSSR count). The second-order valence-electron chi connectivity index (χ2n) is 7.59. The summed E-state index contributed by atoms with van der Waals surface area (Å²) < 4.78 is 40.3. The molecule has 1 aromatic heterocycles. The number of fused-ring (bicyclic) bond motifs is 2. The molecule has 2 nitrogen and oxygen atoms in total. The lowest BCUT2D eigenvalue weighted by Gasteiger charge is -2.14. The molecule has 31 heavy (non-hydrogen) atoms. The van der Waals surface area contributed by atoms with Crippen molar-refractivity contribution < 1.29 is 13.2 Å². The van der Waals surface area contributed by atoms with Gasteiger partial charge in [-0.25, -0.2) is 0 Å². The van der Waals surface area contributed by atoms with E-state index in [1.807, 2.05) is 66.7 Å². The molecule has 0 aliphatic carbocycles. The summed E-state index contributed by atoms with van der Waals surface area (Å²) in [6, 6.07) is 25.6. The van der Waals surface area contributed by atoms with Crippen LogP contribution in [0.15, 0.2) is 84.9 Å². The van der Waals surface area contributed by atoms with Gasteiger partial charge in [0.25, 0.3) is 0 Å². The first-order chi connectivity index (χ1) is 14.9. The Morgan fingerprint density at radius 1 is 0.613 bits per heavy atom. The fraction of sp³-hybridized carbons (Fsp3) is 0.0769. The highest BCUT2D eigenvalue weighted by atomic mass is 19.4. The summed E-state index contributed by atoms with van der Waals surface area (Å²) in [5.41, 5.74) is 2.28. The summed E-state index contributed by atoms with van der Waals surface area (Å²) in [4.78, 5) is 0. The molecule has 5 heteroatoms. The Bertz CT molecular complexity index is 1420. The van der Waals surface area contributed by atoms with Gasteiger partial charge in [0.05, 0.1) is 5.56 Å². The van der Waals surface area contributed by atoms with Crippen molar-refractivity contribution in [1.82, 2.24) is 10.2 Å². The third-order valence-corrected chi connectivity index (χ3v) is 5.37. The fourth-order valence-corrected chi connectivity index (χ4v) is 3.95. The van der Waals surface area contributed by atoms with Crippen molar-refractivity contribution in [3.63, 3.8) is 0 Å². The van der Waals surface area contributed by atoms with Crippen LogP contribution in [-0.4, -0.2) is 10.2 Å². The van der Waals surface area contributed by atoms with Crippen LogP contribution in [0, 0.1) is 6.92 Å². The van der Waals surface area contributed by atoms with Crippen LogP contribution in [-0.2, 0) is 6.18 Å². The van der Waals surface area contributed by atoms with Gasteiger partial charge in [-0.1, -0.05) is 54.6 Å². The predicted octanol–water partition coefficient (Wildman–Crippen LogP) is 7.44. The lowest BCUT2D eigenvalue weighted by Crippen LogP contribution is -2.06. The smallest absolute Gasteiger partial charge is 0.166 e. The number of nitrogens with zero attached hydrogens (tertiary/aromatic N) is 2. The van der Waals surface area contributed by atoms with Crippen LogP contribution in [0.25, 0.3) is 44.1 Å². The van der Waals surface area contributed by atoms with E-state index in [2.05, 4.69) is 10.2 Å². The number of hydrogen-bond acceptors (Lipinski definition) is 2. The standard InChI is InChI=1S/C26H17F3N2/c1-16-11-20(13-21(12-16)26(27,28)29)25-23-15-19-10-6-5-9-18(19)14-22(23)24(30-31-25)17-7-3-2-4-8-17/h2-15H,1H3. The fourth-order valence-electron chi connectivity index (χ4n) is 3.95. The number of aryl methyl sites for hydroxylation is 1. The van der Waals surface area contributed by atoms with Crippen LogP contribution in [0.4, 0.5) is 13.2 Å². The normalized spacial score (nSPS) is 11.9. The molecule has 0 spiro atoms. The van der Waals surface area contributed by atoms with E-state index in [0.717, 1.165) is 39.2 Å². The van der Waals surface area contributed by atoms with E-state index in [1.165, 1.54) is 0 Å². The van der Waals surface area contributed by atoms with Crippen molar-refractivity contribution in [3.8, 4) is 22.5 Å². The molecule has 0 amide bonds. The molecule has 0 saturated carbocycles. The number of halogens is 3. The first-order valence-electron chi connectivity index (χ1n) is 9.84. The molecule has 0 radical (unpaired) electrons. The van der Waals surface area contributed by atoms with Crippen molar-refractivity contribution >= 4 is 21.5 Å². The molecule has 0 aliphatic heterocycles. The van der Waals surface area contributed by atoms with Gasteiger partial charge < -0.3 is 0 Å². The van der Waals surface area contributed by atoms with Gasteiger partial charge in [-0.15, -0.1) is 10.2 Å². The maximum atomic E-state index is 13.4. The monoisotopic (exact) mass is 414 g/mol. The summed E-state index contributed by atoms with van der Waals surface area (Å²) in [5.74, 6) is 0. The van der Waals surface area contributed by atoms with Crippen LogP contribution in [0.1, 0.15) is 11.1 Å². The maximum absolute atomic E-state index is 13.4. The summed E-state index contributed by atoms with van der Waals surface area (Å²) >= 11 is 0. The van der Waals surface area contributed by atoms with Gasteiger partial charge in [0.2, 0.25) is 0 Å². The van der Waals surface area contributed by atoms with Crippen LogP contribution < -0.4 is 0 Å². The predicted molar refractivity (Wildman–Crippen MR) is 118 cm³/mol. The summed E-state index contributed by atoms with van der Waals surface area (Å²) in [5, 5.41) is 12.5. The van der Waals surface area contributed by atoms with E-state index in [4.69, 9.17) is 0 Å². The first kappa shape index (κ1) is 19.2. The van der Waals surface area contributed by atoms with Gasteiger partial charge in [-0.2, -0.15) is 13.2 Å². The summed E-state index contributed by atoms with van der Waals surface area (Å²) in [6.45, 7) is 1.65. The molecule has 0 fully saturated rings. The Morgan fingerprint density at radius 3 is 1.74 bits per heavy atom. The zero-order chi connectivity index (χ0) is 21.6. The average Bonchev–Trinajstić information content (AvgIpc) is 2.76. The Balaban J connectivity index is 1.85. The highest BCUT2D eigenvalue weighted by molar-refractivity contribution is 6.08. The maximum Gasteiger partial charge on any atom is 0.416 e. The summed E-state index contributed by atoms with van der Waals surface area (Å²) in [6.07, 6.45) is -4.43. The summed E-state index contributed by atoms with van der Waals surface area (Å²) in [7, 11) is 0. The molecule has 0 saturated heterocycles. The number of hydrogen-bond donors (Lipinski definition) is 0. The molecule has 0 bridgehead atoms. The van der Waals surface area contributed by atoms with Crippen molar-refractivity contribution in [2.24, 2.45) is 0 Å². The molecule has 1 heterocycles. The Kier molecular flexibility index (Phi) is 4.47. The van der Waals surface area contributed by atoms with Gasteiger partial charge in [0.15, 0.2) is 0 Å². The van der Waals surface area contributed by atoms with E-state index in [1.54, 1.807) is 13.0 Å². The van der Waals surface area contributed by atoms with Crippen LogP contribution in [0.2, 0.25) is 0 Å². The second-order valence-corrected chi connectivity index (χ2v) is 7.59. The van der Waals surface area contributed by atoms with E-state index < -0.39 is 11.7 Å². The second kappa shape index (κ2) is 7.20. The van der Waals surface area contributed by atoms with Crippen molar-refractivity contribution in [2.45, 2.75) is 13.1 Å². The van der Waals surface area contributed by atoms with Crippen LogP contribution >= 0.6 is 0 Å². The minimum Gasteiger partial charge on any atom is -0.166 e. The van der Waals surface area contributed by atoms with E-state index in [0.29, 0.717) is 22.5 Å². The zero-order valence-electron chi connectivity index (χ0n) is 16.6. The number of aromatic nitrogens is 2. The third-order valence-electron chi connectivity index (χ3n) is 5.37. The van der Waals surface area contributed by atoms with Crippen molar-refractivity contribution in [1.29, 1.82) is 0 Å². The molecule has 152 valence electrons. The minimum atomic E-state index is -4.43. The Hall–Kier alpha value is -3.73. The number of alkyl halides is 3. The number of benzene rings is 4. The molecule has 5 aromatic rings. The van der Waals surface area contributed by atoms with Crippen molar-refractivity contribution in [2.75, 3.05) is 0 Å².